The van der Waals surface area contributed by atoms with Crippen LogP contribution in [0.1, 0.15) is 63.9 Å². The average molecular weight is 448 g/mol. The van der Waals surface area contributed by atoms with Gasteiger partial charge in [-0.05, 0) is 82.5 Å². The van der Waals surface area contributed by atoms with Crippen molar-refractivity contribution in [3.63, 3.8) is 0 Å². The summed E-state index contributed by atoms with van der Waals surface area (Å²) < 4.78 is 11.5. The number of benzene rings is 1. The summed E-state index contributed by atoms with van der Waals surface area (Å²) in [5.41, 5.74) is 1.19. The molecule has 0 amide bonds. The monoisotopic (exact) mass is 447 g/mol. The summed E-state index contributed by atoms with van der Waals surface area (Å²) in [6.45, 7) is 9.82. The van der Waals surface area contributed by atoms with Crippen LogP contribution in [0.15, 0.2) is 18.2 Å². The summed E-state index contributed by atoms with van der Waals surface area (Å²) in [5, 5.41) is 14.3. The summed E-state index contributed by atoms with van der Waals surface area (Å²) in [4.78, 5) is 4.95. The number of piperidine rings is 1. The molecule has 2 saturated heterocycles. The predicted octanol–water partition coefficient (Wildman–Crippen LogP) is 3.67. The number of aliphatic hydroxyl groups excluding tert-OH is 1. The molecule has 6 heteroatoms. The van der Waals surface area contributed by atoms with Crippen molar-refractivity contribution < 1.29 is 14.6 Å². The molecule has 182 valence electrons. The van der Waals surface area contributed by atoms with Gasteiger partial charge in [-0.25, -0.2) is 0 Å². The van der Waals surface area contributed by atoms with E-state index in [-0.39, 0.29) is 0 Å². The van der Waals surface area contributed by atoms with Gasteiger partial charge in [0.25, 0.3) is 0 Å². The molecule has 0 unspecified atom stereocenters. The molecule has 32 heavy (non-hydrogen) atoms. The second-order valence-corrected chi connectivity index (χ2v) is 9.52. The zero-order valence-electron chi connectivity index (χ0n) is 20.4. The second kappa shape index (κ2) is 14.0. The number of β-amino-alcohol motifs (C(OH)–C–C–N with tert-alkyl or cyclic N) is 1. The Morgan fingerprint density at radius 1 is 1.00 bits per heavy atom. The minimum Gasteiger partial charge on any atom is -0.493 e. The van der Waals surface area contributed by atoms with Crippen LogP contribution in [0.3, 0.4) is 0 Å². The van der Waals surface area contributed by atoms with Crippen molar-refractivity contribution >= 4 is 0 Å². The number of methoxy groups -OCH3 is 1. The Hall–Kier alpha value is -1.34. The lowest BCUT2D eigenvalue weighted by Crippen LogP contribution is -2.42. The zero-order valence-corrected chi connectivity index (χ0v) is 20.4. The first-order valence-corrected chi connectivity index (χ1v) is 12.8. The number of nitrogens with one attached hydrogen (secondary N) is 1. The van der Waals surface area contributed by atoms with E-state index in [0.717, 1.165) is 31.1 Å². The number of hydrogen-bond acceptors (Lipinski definition) is 6. The molecule has 0 radical (unpaired) electrons. The smallest absolute Gasteiger partial charge is 0.161 e. The van der Waals surface area contributed by atoms with Crippen LogP contribution in [0.25, 0.3) is 0 Å². The molecule has 0 spiro atoms. The molecule has 0 aromatic heterocycles. The first-order chi connectivity index (χ1) is 15.7. The summed E-state index contributed by atoms with van der Waals surface area (Å²) in [6.07, 6.45) is 9.58. The Morgan fingerprint density at radius 2 is 1.72 bits per heavy atom. The molecule has 3 rings (SSSR count). The van der Waals surface area contributed by atoms with Crippen LogP contribution >= 0.6 is 0 Å². The Kier molecular flexibility index (Phi) is 11.1. The van der Waals surface area contributed by atoms with E-state index in [2.05, 4.69) is 34.2 Å². The van der Waals surface area contributed by atoms with E-state index >= 15 is 0 Å². The third kappa shape index (κ3) is 8.54. The summed E-state index contributed by atoms with van der Waals surface area (Å²) in [7, 11) is 1.67. The molecular formula is C26H45N3O3. The van der Waals surface area contributed by atoms with Gasteiger partial charge >= 0.3 is 0 Å². The highest BCUT2D eigenvalue weighted by Crippen LogP contribution is 2.28. The van der Waals surface area contributed by atoms with E-state index < -0.39 is 6.10 Å². The van der Waals surface area contributed by atoms with Gasteiger partial charge in [0.1, 0.15) is 12.7 Å². The lowest BCUT2D eigenvalue weighted by atomic mass is 10.0. The van der Waals surface area contributed by atoms with Gasteiger partial charge in [-0.1, -0.05) is 32.3 Å². The largest absolute Gasteiger partial charge is 0.493 e. The molecule has 1 aromatic carbocycles. The van der Waals surface area contributed by atoms with Crippen molar-refractivity contribution in [1.29, 1.82) is 0 Å². The number of rotatable bonds is 11. The Balaban J connectivity index is 1.45. The Morgan fingerprint density at radius 3 is 2.41 bits per heavy atom. The average Bonchev–Trinajstić information content (AvgIpc) is 2.79. The molecule has 0 saturated carbocycles. The molecule has 6 nitrogen and oxygen atoms in total. The second-order valence-electron chi connectivity index (χ2n) is 9.52. The van der Waals surface area contributed by atoms with Crippen LogP contribution in [-0.4, -0.2) is 80.0 Å². The third-order valence-electron chi connectivity index (χ3n) is 6.80. The molecule has 2 aliphatic heterocycles. The maximum atomic E-state index is 10.6. The fourth-order valence-corrected chi connectivity index (χ4v) is 4.92. The van der Waals surface area contributed by atoms with E-state index in [0.29, 0.717) is 19.2 Å². The van der Waals surface area contributed by atoms with Crippen molar-refractivity contribution in [2.24, 2.45) is 0 Å². The van der Waals surface area contributed by atoms with E-state index in [1.54, 1.807) is 7.11 Å². The minimum atomic E-state index is -0.491. The molecule has 1 atom stereocenters. The van der Waals surface area contributed by atoms with Gasteiger partial charge in [0.15, 0.2) is 11.5 Å². The van der Waals surface area contributed by atoms with Gasteiger partial charge in [0.2, 0.25) is 0 Å². The van der Waals surface area contributed by atoms with Gasteiger partial charge < -0.3 is 29.7 Å². The van der Waals surface area contributed by atoms with E-state index in [9.17, 15) is 5.11 Å². The first-order valence-electron chi connectivity index (χ1n) is 12.8. The molecule has 0 aliphatic carbocycles. The van der Waals surface area contributed by atoms with Crippen LogP contribution in [0.4, 0.5) is 0 Å². The van der Waals surface area contributed by atoms with E-state index in [4.69, 9.17) is 9.47 Å². The van der Waals surface area contributed by atoms with Crippen LogP contribution < -0.4 is 14.8 Å². The zero-order chi connectivity index (χ0) is 22.6. The fraction of sp³-hybridized carbons (Fsp3) is 0.769. The quantitative estimate of drug-likeness (QED) is 0.540. The predicted molar refractivity (Wildman–Crippen MR) is 131 cm³/mol. The topological polar surface area (TPSA) is 57.2 Å². The standard InChI is InChI=1S/C26H45N3O3/c1-3-13-28-16-11-23(12-17-28)27-19-22-9-10-25(31-2)26(18-22)32-21-24(30)20-29-14-7-5-4-6-8-15-29/h9-10,18,23-24,27,30H,3-8,11-17,19-21H2,1-2H3/t24-/m0/s1. The van der Waals surface area contributed by atoms with Gasteiger partial charge in [-0.3, -0.25) is 0 Å². The van der Waals surface area contributed by atoms with Crippen molar-refractivity contribution in [3.8, 4) is 11.5 Å². The van der Waals surface area contributed by atoms with Gasteiger partial charge in [0.05, 0.1) is 7.11 Å². The van der Waals surface area contributed by atoms with Crippen molar-refractivity contribution in [2.75, 3.05) is 53.0 Å². The summed E-state index contributed by atoms with van der Waals surface area (Å²) >= 11 is 0. The van der Waals surface area contributed by atoms with Crippen LogP contribution in [-0.2, 0) is 6.54 Å². The van der Waals surface area contributed by atoms with Gasteiger partial charge in [-0.15, -0.1) is 0 Å². The number of nitrogens with zero attached hydrogens (tertiary/aromatic N) is 2. The van der Waals surface area contributed by atoms with Crippen molar-refractivity contribution in [1.82, 2.24) is 15.1 Å². The molecule has 0 bridgehead atoms. The molecule has 2 aliphatic rings. The lowest BCUT2D eigenvalue weighted by molar-refractivity contribution is 0.0644. The first kappa shape index (κ1) is 25.3. The highest BCUT2D eigenvalue weighted by molar-refractivity contribution is 5.43. The molecule has 2 N–H and O–H groups in total. The SMILES string of the molecule is CCCN1CCC(NCc2ccc(OC)c(OC[C@@H](O)CN3CCCCCCC3)c2)CC1. The number of hydrogen-bond donors (Lipinski definition) is 2. The third-order valence-corrected chi connectivity index (χ3v) is 6.80. The van der Waals surface area contributed by atoms with Crippen LogP contribution in [0.2, 0.25) is 0 Å². The lowest BCUT2D eigenvalue weighted by Gasteiger charge is -2.32. The van der Waals surface area contributed by atoms with Crippen molar-refractivity contribution in [2.45, 2.75) is 77.0 Å². The highest BCUT2D eigenvalue weighted by atomic mass is 16.5. The van der Waals surface area contributed by atoms with E-state index in [1.807, 2.05) is 6.07 Å². The number of ether oxygens (including phenoxy) is 2. The highest BCUT2D eigenvalue weighted by Gasteiger charge is 2.19. The summed E-state index contributed by atoms with van der Waals surface area (Å²) in [5.74, 6) is 1.44. The summed E-state index contributed by atoms with van der Waals surface area (Å²) in [6, 6.07) is 6.71. The molecule has 2 heterocycles. The van der Waals surface area contributed by atoms with Crippen LogP contribution in [0.5, 0.6) is 11.5 Å². The molecule has 1 aromatic rings. The minimum absolute atomic E-state index is 0.291. The molecular weight excluding hydrogens is 402 g/mol. The maximum Gasteiger partial charge on any atom is 0.161 e. The van der Waals surface area contributed by atoms with Crippen molar-refractivity contribution in [3.05, 3.63) is 23.8 Å². The van der Waals surface area contributed by atoms with Gasteiger partial charge in [-0.2, -0.15) is 0 Å². The normalized spacial score (nSPS) is 20.5. The Labute approximate surface area is 195 Å². The van der Waals surface area contributed by atoms with Gasteiger partial charge in [0, 0.05) is 19.1 Å². The maximum absolute atomic E-state index is 10.6. The Bertz CT molecular complexity index is 641. The number of likely N-dealkylation sites (tertiary alicyclic amines) is 2. The fourth-order valence-electron chi connectivity index (χ4n) is 4.92. The molecule has 2 fully saturated rings. The van der Waals surface area contributed by atoms with Crippen LogP contribution in [0, 0.1) is 0 Å². The van der Waals surface area contributed by atoms with E-state index in [1.165, 1.54) is 76.6 Å². The number of aliphatic hydroxyl groups is 1.